The first kappa shape index (κ1) is 27.6. The van der Waals surface area contributed by atoms with E-state index in [1.165, 1.54) is 0 Å². The van der Waals surface area contributed by atoms with Crippen LogP contribution in [0.15, 0.2) is 23.2 Å². The first-order chi connectivity index (χ1) is 14.7. The predicted octanol–water partition coefficient (Wildman–Crippen LogP) is 3.18. The lowest BCUT2D eigenvalue weighted by Crippen LogP contribution is -2.47. The number of piperidine rings is 1. The van der Waals surface area contributed by atoms with Crippen molar-refractivity contribution in [3.05, 3.63) is 18.2 Å². The molecule has 0 spiro atoms. The van der Waals surface area contributed by atoms with E-state index in [-0.39, 0.29) is 24.0 Å². The molecule has 1 aromatic rings. The molecule has 0 atom stereocenters. The van der Waals surface area contributed by atoms with E-state index in [9.17, 15) is 0 Å². The van der Waals surface area contributed by atoms with Crippen molar-refractivity contribution >= 4 is 29.9 Å². The molecule has 1 N–H and O–H groups in total. The highest BCUT2D eigenvalue weighted by Crippen LogP contribution is 2.27. The molecule has 178 valence electrons. The Morgan fingerprint density at radius 3 is 2.19 bits per heavy atom. The Balaban J connectivity index is 0.00000480. The van der Waals surface area contributed by atoms with Crippen LogP contribution in [0.2, 0.25) is 0 Å². The lowest BCUT2D eigenvalue weighted by molar-refractivity contribution is 0.00991. The van der Waals surface area contributed by atoms with Crippen molar-refractivity contribution in [1.29, 1.82) is 0 Å². The quantitative estimate of drug-likeness (QED) is 0.185. The summed E-state index contributed by atoms with van der Waals surface area (Å²) >= 11 is 0. The monoisotopic (exact) mass is 551 g/mol. The van der Waals surface area contributed by atoms with E-state index in [1.807, 2.05) is 25.2 Å². The van der Waals surface area contributed by atoms with Crippen LogP contribution in [0.3, 0.4) is 0 Å². The number of halogens is 1. The van der Waals surface area contributed by atoms with E-state index in [0.29, 0.717) is 24.2 Å². The summed E-state index contributed by atoms with van der Waals surface area (Å²) in [7, 11) is 6.81. The van der Waals surface area contributed by atoms with Gasteiger partial charge in [0, 0.05) is 65.2 Å². The maximum absolute atomic E-state index is 5.93. The van der Waals surface area contributed by atoms with Crippen LogP contribution in [0.5, 0.6) is 17.2 Å². The second kappa shape index (κ2) is 16.2. The third kappa shape index (κ3) is 10.1. The molecular weight excluding hydrogens is 513 g/mol. The Morgan fingerprint density at radius 2 is 1.61 bits per heavy atom. The van der Waals surface area contributed by atoms with Crippen LogP contribution in [0.25, 0.3) is 0 Å². The molecule has 0 radical (unpaired) electrons. The number of nitrogens with one attached hydrogen (secondary N) is 1. The number of rotatable bonds is 12. The van der Waals surface area contributed by atoms with Gasteiger partial charge in [0.25, 0.3) is 0 Å². The highest BCUT2D eigenvalue weighted by atomic mass is 127. The standard InChI is InChI=1S/C22H37N3O5.HI/c1-23-22(25-10-7-18(8-11-25)29-14-6-12-26-2)24-9-5-13-30-21-16-19(27-3)15-20(17-21)28-4;/h15-18H,5-14H2,1-4H3,(H,23,24);1H. The Labute approximate surface area is 203 Å². The van der Waals surface area contributed by atoms with Gasteiger partial charge in [0.2, 0.25) is 0 Å². The Bertz CT molecular complexity index is 617. The van der Waals surface area contributed by atoms with Gasteiger partial charge < -0.3 is 33.9 Å². The molecule has 1 saturated heterocycles. The fourth-order valence-electron chi connectivity index (χ4n) is 3.35. The number of ether oxygens (including phenoxy) is 5. The molecule has 9 heteroatoms. The minimum absolute atomic E-state index is 0. The summed E-state index contributed by atoms with van der Waals surface area (Å²) in [5.74, 6) is 3.11. The Hall–Kier alpha value is -1.46. The van der Waals surface area contributed by atoms with Crippen molar-refractivity contribution in [3.8, 4) is 17.2 Å². The van der Waals surface area contributed by atoms with Crippen molar-refractivity contribution in [2.45, 2.75) is 31.8 Å². The van der Waals surface area contributed by atoms with E-state index in [4.69, 9.17) is 23.7 Å². The van der Waals surface area contributed by atoms with Crippen LogP contribution >= 0.6 is 24.0 Å². The minimum Gasteiger partial charge on any atom is -0.496 e. The highest BCUT2D eigenvalue weighted by Gasteiger charge is 2.21. The lowest BCUT2D eigenvalue weighted by Gasteiger charge is -2.34. The molecule has 2 rings (SSSR count). The van der Waals surface area contributed by atoms with Gasteiger partial charge in [-0.2, -0.15) is 0 Å². The molecule has 1 aromatic carbocycles. The maximum Gasteiger partial charge on any atom is 0.193 e. The van der Waals surface area contributed by atoms with Crippen LogP contribution < -0.4 is 19.5 Å². The van der Waals surface area contributed by atoms with Gasteiger partial charge in [-0.05, 0) is 25.7 Å². The fraction of sp³-hybridized carbons (Fsp3) is 0.682. The van der Waals surface area contributed by atoms with Crippen molar-refractivity contribution in [2.75, 3.05) is 67.8 Å². The number of aliphatic imine (C=N–C) groups is 1. The van der Waals surface area contributed by atoms with Gasteiger partial charge in [0.15, 0.2) is 5.96 Å². The number of methoxy groups -OCH3 is 3. The second-order valence-electron chi connectivity index (χ2n) is 7.13. The van der Waals surface area contributed by atoms with Gasteiger partial charge in [-0.3, -0.25) is 4.99 Å². The average molecular weight is 551 g/mol. The third-order valence-corrected chi connectivity index (χ3v) is 5.00. The smallest absolute Gasteiger partial charge is 0.193 e. The number of nitrogens with zero attached hydrogens (tertiary/aromatic N) is 2. The van der Waals surface area contributed by atoms with E-state index in [1.54, 1.807) is 21.3 Å². The molecule has 1 aliphatic rings. The normalized spacial score (nSPS) is 14.7. The molecule has 1 heterocycles. The van der Waals surface area contributed by atoms with Gasteiger partial charge >= 0.3 is 0 Å². The zero-order chi connectivity index (χ0) is 21.6. The maximum atomic E-state index is 5.93. The average Bonchev–Trinajstić information content (AvgIpc) is 2.79. The first-order valence-corrected chi connectivity index (χ1v) is 10.6. The zero-order valence-corrected chi connectivity index (χ0v) is 21.6. The number of hydrogen-bond donors (Lipinski definition) is 1. The van der Waals surface area contributed by atoms with Crippen LogP contribution in [0.4, 0.5) is 0 Å². The molecule has 0 amide bonds. The third-order valence-electron chi connectivity index (χ3n) is 5.00. The summed E-state index contributed by atoms with van der Waals surface area (Å²) in [6.07, 6.45) is 4.19. The molecule has 31 heavy (non-hydrogen) atoms. The van der Waals surface area contributed by atoms with Gasteiger partial charge in [-0.1, -0.05) is 0 Å². The minimum atomic E-state index is 0. The number of guanidine groups is 1. The summed E-state index contributed by atoms with van der Waals surface area (Å²) in [5, 5.41) is 3.43. The van der Waals surface area contributed by atoms with Crippen LogP contribution in [0.1, 0.15) is 25.7 Å². The summed E-state index contributed by atoms with van der Waals surface area (Å²) in [4.78, 5) is 6.72. The van der Waals surface area contributed by atoms with E-state index in [2.05, 4.69) is 15.2 Å². The number of likely N-dealkylation sites (tertiary alicyclic amines) is 1. The van der Waals surface area contributed by atoms with Crippen LogP contribution in [-0.2, 0) is 9.47 Å². The molecule has 8 nitrogen and oxygen atoms in total. The molecule has 0 saturated carbocycles. The SMILES string of the molecule is CN=C(NCCCOc1cc(OC)cc(OC)c1)N1CCC(OCCCOC)CC1.I. The van der Waals surface area contributed by atoms with Crippen molar-refractivity contribution < 1.29 is 23.7 Å². The summed E-state index contributed by atoms with van der Waals surface area (Å²) in [5.41, 5.74) is 0. The van der Waals surface area contributed by atoms with Gasteiger partial charge in [0.05, 0.1) is 26.9 Å². The molecule has 0 bridgehead atoms. The molecule has 1 aliphatic heterocycles. The van der Waals surface area contributed by atoms with Crippen LogP contribution in [0, 0.1) is 0 Å². The predicted molar refractivity (Wildman–Crippen MR) is 133 cm³/mol. The molecule has 0 aliphatic carbocycles. The number of benzene rings is 1. The van der Waals surface area contributed by atoms with E-state index in [0.717, 1.165) is 70.2 Å². The fourth-order valence-corrected chi connectivity index (χ4v) is 3.35. The highest BCUT2D eigenvalue weighted by molar-refractivity contribution is 14.0. The van der Waals surface area contributed by atoms with Crippen molar-refractivity contribution in [1.82, 2.24) is 10.2 Å². The van der Waals surface area contributed by atoms with Crippen LogP contribution in [-0.4, -0.2) is 84.8 Å². The summed E-state index contributed by atoms with van der Waals surface area (Å²) in [6, 6.07) is 5.54. The van der Waals surface area contributed by atoms with Crippen molar-refractivity contribution in [2.24, 2.45) is 4.99 Å². The molecular formula is C22H38IN3O5. The number of hydrogen-bond acceptors (Lipinski definition) is 6. The molecule has 1 fully saturated rings. The van der Waals surface area contributed by atoms with E-state index < -0.39 is 0 Å². The molecule has 0 aromatic heterocycles. The van der Waals surface area contributed by atoms with Gasteiger partial charge in [-0.15, -0.1) is 24.0 Å². The Kier molecular flexibility index (Phi) is 14.4. The topological polar surface area (TPSA) is 73.8 Å². The summed E-state index contributed by atoms with van der Waals surface area (Å²) < 4.78 is 27.4. The van der Waals surface area contributed by atoms with Gasteiger partial charge in [0.1, 0.15) is 17.2 Å². The van der Waals surface area contributed by atoms with E-state index >= 15 is 0 Å². The lowest BCUT2D eigenvalue weighted by atomic mass is 10.1. The first-order valence-electron chi connectivity index (χ1n) is 10.6. The Morgan fingerprint density at radius 1 is 0.968 bits per heavy atom. The zero-order valence-electron chi connectivity index (χ0n) is 19.2. The summed E-state index contributed by atoms with van der Waals surface area (Å²) in [6.45, 7) is 4.82. The second-order valence-corrected chi connectivity index (χ2v) is 7.13. The van der Waals surface area contributed by atoms with Crippen molar-refractivity contribution in [3.63, 3.8) is 0 Å². The van der Waals surface area contributed by atoms with Gasteiger partial charge in [-0.25, -0.2) is 0 Å². The largest absolute Gasteiger partial charge is 0.496 e. The molecule has 0 unspecified atom stereocenters.